The number of halogens is 1. The molecule has 0 amide bonds. The van der Waals surface area contributed by atoms with E-state index in [1.165, 1.54) is 18.4 Å². The summed E-state index contributed by atoms with van der Waals surface area (Å²) in [6, 6.07) is 20.5. The topological polar surface area (TPSA) is 61.2 Å². The molecule has 0 bridgehead atoms. The lowest BCUT2D eigenvalue weighted by molar-refractivity contribution is 0.390. The van der Waals surface area contributed by atoms with Crippen LogP contribution in [-0.4, -0.2) is 24.5 Å². The third-order valence-corrected chi connectivity index (χ3v) is 6.22. The number of fused-ring (bicyclic) bond motifs is 2. The van der Waals surface area contributed by atoms with Gasteiger partial charge in [-0.05, 0) is 35.9 Å². The van der Waals surface area contributed by atoms with Crippen LogP contribution in [0.1, 0.15) is 5.56 Å². The molecule has 150 valence electrons. The van der Waals surface area contributed by atoms with E-state index in [0.717, 1.165) is 28.0 Å². The maximum atomic E-state index is 13.5. The number of para-hydroxylation sites is 1. The summed E-state index contributed by atoms with van der Waals surface area (Å²) in [6.07, 6.45) is 1.17. The van der Waals surface area contributed by atoms with Crippen molar-refractivity contribution in [2.24, 2.45) is 0 Å². The predicted molar refractivity (Wildman–Crippen MR) is 112 cm³/mol. The summed E-state index contributed by atoms with van der Waals surface area (Å²) in [6.45, 7) is 0.543. The van der Waals surface area contributed by atoms with Gasteiger partial charge < -0.3 is 4.74 Å². The summed E-state index contributed by atoms with van der Waals surface area (Å²) in [5, 5.41) is 4.76. The van der Waals surface area contributed by atoms with Gasteiger partial charge in [0.25, 0.3) is 0 Å². The largest absolute Gasteiger partial charge is 0.438 e. The fourth-order valence-electron chi connectivity index (χ4n) is 3.60. The molecule has 0 saturated carbocycles. The van der Waals surface area contributed by atoms with E-state index >= 15 is 0 Å². The van der Waals surface area contributed by atoms with Crippen molar-refractivity contribution < 1.29 is 17.5 Å². The van der Waals surface area contributed by atoms with Gasteiger partial charge in [-0.25, -0.2) is 17.5 Å². The van der Waals surface area contributed by atoms with Crippen molar-refractivity contribution in [3.8, 4) is 34.0 Å². The van der Waals surface area contributed by atoms with E-state index in [9.17, 15) is 12.8 Å². The highest BCUT2D eigenvalue weighted by atomic mass is 32.2. The normalized spacial score (nSPS) is 12.7. The van der Waals surface area contributed by atoms with Gasteiger partial charge in [0.05, 0.1) is 17.0 Å². The van der Waals surface area contributed by atoms with Crippen LogP contribution in [0.4, 0.5) is 4.39 Å². The van der Waals surface area contributed by atoms with Gasteiger partial charge in [0.1, 0.15) is 17.3 Å². The molecule has 0 spiro atoms. The van der Waals surface area contributed by atoms with E-state index in [0.29, 0.717) is 18.1 Å². The second kappa shape index (κ2) is 6.81. The van der Waals surface area contributed by atoms with Gasteiger partial charge in [0.15, 0.2) is 9.84 Å². The lowest BCUT2D eigenvalue weighted by atomic mass is 10.0. The molecule has 5 nitrogen and oxygen atoms in total. The highest BCUT2D eigenvalue weighted by molar-refractivity contribution is 7.90. The fraction of sp³-hybridized carbons (Fsp3) is 0.0870. The van der Waals surface area contributed by atoms with Gasteiger partial charge in [-0.15, -0.1) is 0 Å². The monoisotopic (exact) mass is 420 g/mol. The van der Waals surface area contributed by atoms with Crippen molar-refractivity contribution in [3.05, 3.63) is 84.2 Å². The lowest BCUT2D eigenvalue weighted by Gasteiger charge is -2.19. The molecule has 30 heavy (non-hydrogen) atoms. The minimum absolute atomic E-state index is 0.238. The minimum atomic E-state index is -3.30. The maximum absolute atomic E-state index is 13.5. The number of rotatable bonds is 3. The van der Waals surface area contributed by atoms with E-state index in [2.05, 4.69) is 0 Å². The average Bonchev–Trinajstić information content (AvgIpc) is 3.10. The molecule has 5 rings (SSSR count). The van der Waals surface area contributed by atoms with E-state index in [1.54, 1.807) is 41.1 Å². The molecule has 0 unspecified atom stereocenters. The number of hydrogen-bond donors (Lipinski definition) is 0. The molecule has 1 aromatic heterocycles. The molecule has 0 atom stereocenters. The number of nitrogens with zero attached hydrogens (tertiary/aromatic N) is 2. The Balaban J connectivity index is 1.70. The van der Waals surface area contributed by atoms with E-state index in [4.69, 9.17) is 9.84 Å². The first-order valence-corrected chi connectivity index (χ1v) is 11.2. The molecule has 0 saturated heterocycles. The first-order valence-electron chi connectivity index (χ1n) is 9.33. The van der Waals surface area contributed by atoms with Gasteiger partial charge >= 0.3 is 0 Å². The molecule has 3 aromatic carbocycles. The third kappa shape index (κ3) is 3.17. The van der Waals surface area contributed by atoms with Crippen molar-refractivity contribution in [1.82, 2.24) is 9.78 Å². The molecular weight excluding hydrogens is 403 g/mol. The standard InChI is InChI=1S/C23H17FN2O3S/c1-30(27,28)19-12-8-16(9-13-19)22-21(15-6-10-18(24)11-7-15)23-26(25-22)14-17-4-2-3-5-20(17)29-23/h2-13H,14H2,1H3. The summed E-state index contributed by atoms with van der Waals surface area (Å²) in [5.41, 5.74) is 3.90. The van der Waals surface area contributed by atoms with E-state index in [-0.39, 0.29) is 10.7 Å². The van der Waals surface area contributed by atoms with Crippen molar-refractivity contribution in [2.45, 2.75) is 11.4 Å². The number of ether oxygens (including phenoxy) is 1. The molecule has 0 aliphatic carbocycles. The quantitative estimate of drug-likeness (QED) is 0.416. The van der Waals surface area contributed by atoms with Crippen molar-refractivity contribution in [2.75, 3.05) is 6.26 Å². The zero-order chi connectivity index (χ0) is 20.9. The zero-order valence-electron chi connectivity index (χ0n) is 16.0. The lowest BCUT2D eigenvalue weighted by Crippen LogP contribution is -2.10. The summed E-state index contributed by atoms with van der Waals surface area (Å²) >= 11 is 0. The van der Waals surface area contributed by atoms with Gasteiger partial charge in [-0.1, -0.05) is 42.5 Å². The number of aromatic nitrogens is 2. The number of benzene rings is 3. The Labute approximate surface area is 173 Å². The van der Waals surface area contributed by atoms with Crippen LogP contribution in [0, 0.1) is 5.82 Å². The predicted octanol–water partition coefficient (Wildman–Crippen LogP) is 4.91. The van der Waals surface area contributed by atoms with Crippen LogP contribution in [0.3, 0.4) is 0 Å². The number of hydrogen-bond acceptors (Lipinski definition) is 4. The molecular formula is C23H17FN2O3S. The summed E-state index contributed by atoms with van der Waals surface area (Å²) in [4.78, 5) is 0.238. The van der Waals surface area contributed by atoms with Gasteiger partial charge in [0, 0.05) is 17.4 Å². The molecule has 0 radical (unpaired) electrons. The van der Waals surface area contributed by atoms with E-state index < -0.39 is 9.84 Å². The SMILES string of the molecule is CS(=O)(=O)c1ccc(-c2nn3c(c2-c2ccc(F)cc2)Oc2ccccc2C3)cc1. The highest BCUT2D eigenvalue weighted by Gasteiger charge is 2.27. The smallest absolute Gasteiger partial charge is 0.226 e. The van der Waals surface area contributed by atoms with Gasteiger partial charge in [-0.2, -0.15) is 5.10 Å². The first kappa shape index (κ1) is 18.6. The Bertz CT molecular complexity index is 1360. The molecule has 0 fully saturated rings. The zero-order valence-corrected chi connectivity index (χ0v) is 16.9. The molecule has 2 heterocycles. The number of sulfone groups is 1. The van der Waals surface area contributed by atoms with Crippen LogP contribution in [-0.2, 0) is 16.4 Å². The fourth-order valence-corrected chi connectivity index (χ4v) is 4.23. The Morgan fingerprint density at radius 3 is 2.30 bits per heavy atom. The van der Waals surface area contributed by atoms with Crippen LogP contribution < -0.4 is 4.74 Å². The van der Waals surface area contributed by atoms with Crippen LogP contribution in [0.15, 0.2) is 77.7 Å². The van der Waals surface area contributed by atoms with Crippen LogP contribution in [0.2, 0.25) is 0 Å². The Kier molecular flexibility index (Phi) is 4.22. The van der Waals surface area contributed by atoms with Gasteiger partial charge in [-0.3, -0.25) is 0 Å². The van der Waals surface area contributed by atoms with Crippen LogP contribution in [0.5, 0.6) is 11.6 Å². The first-order chi connectivity index (χ1) is 14.4. The Morgan fingerprint density at radius 1 is 0.933 bits per heavy atom. The van der Waals surface area contributed by atoms with Gasteiger partial charge in [0.2, 0.25) is 5.88 Å². The van der Waals surface area contributed by atoms with E-state index in [1.807, 2.05) is 24.3 Å². The molecule has 1 aliphatic rings. The molecule has 1 aliphatic heterocycles. The Morgan fingerprint density at radius 2 is 1.60 bits per heavy atom. The molecule has 0 N–H and O–H groups in total. The summed E-state index contributed by atoms with van der Waals surface area (Å²) in [7, 11) is -3.30. The summed E-state index contributed by atoms with van der Waals surface area (Å²) in [5.74, 6) is 1.000. The third-order valence-electron chi connectivity index (χ3n) is 5.09. The highest BCUT2D eigenvalue weighted by Crippen LogP contribution is 2.44. The Hall–Kier alpha value is -3.45. The van der Waals surface area contributed by atoms with Crippen molar-refractivity contribution >= 4 is 9.84 Å². The molecule has 7 heteroatoms. The second-order valence-electron chi connectivity index (χ2n) is 7.20. The summed E-state index contributed by atoms with van der Waals surface area (Å²) < 4.78 is 45.1. The maximum Gasteiger partial charge on any atom is 0.226 e. The average molecular weight is 420 g/mol. The van der Waals surface area contributed by atoms with Crippen molar-refractivity contribution in [1.29, 1.82) is 0 Å². The van der Waals surface area contributed by atoms with Crippen molar-refractivity contribution in [3.63, 3.8) is 0 Å². The van der Waals surface area contributed by atoms with Crippen LogP contribution >= 0.6 is 0 Å². The molecule has 4 aromatic rings. The van der Waals surface area contributed by atoms with Crippen LogP contribution in [0.25, 0.3) is 22.4 Å². The minimum Gasteiger partial charge on any atom is -0.438 e. The second-order valence-corrected chi connectivity index (χ2v) is 9.22.